The number of ether oxygens (including phenoxy) is 2. The molecule has 0 aliphatic rings. The summed E-state index contributed by atoms with van der Waals surface area (Å²) in [6.45, 7) is 0. The van der Waals surface area contributed by atoms with Crippen LogP contribution in [0.5, 0.6) is 11.5 Å². The summed E-state index contributed by atoms with van der Waals surface area (Å²) in [6.07, 6.45) is 0.418. The maximum atomic E-state index is 10.5. The van der Waals surface area contributed by atoms with E-state index in [1.54, 1.807) is 12.1 Å². The van der Waals surface area contributed by atoms with Crippen LogP contribution in [-0.4, -0.2) is 25.3 Å². The van der Waals surface area contributed by atoms with Crippen molar-refractivity contribution in [3.05, 3.63) is 17.7 Å². The van der Waals surface area contributed by atoms with E-state index < -0.39 is 5.97 Å². The molecule has 0 radical (unpaired) electrons. The molecule has 0 amide bonds. The first-order valence-electron chi connectivity index (χ1n) is 4.80. The lowest BCUT2D eigenvalue weighted by Crippen LogP contribution is -2.02. The molecule has 0 spiro atoms. The minimum atomic E-state index is -0.853. The highest BCUT2D eigenvalue weighted by molar-refractivity contribution is 5.68. The van der Waals surface area contributed by atoms with Crippen molar-refractivity contribution in [2.45, 2.75) is 12.8 Å². The Hall–Kier alpha value is -1.91. The Morgan fingerprint density at radius 2 is 1.88 bits per heavy atom. The largest absolute Gasteiger partial charge is 0.493 e. The molecule has 0 saturated heterocycles. The highest BCUT2D eigenvalue weighted by atomic mass is 16.5. The summed E-state index contributed by atoms with van der Waals surface area (Å²) < 4.78 is 10.2. The summed E-state index contributed by atoms with van der Waals surface area (Å²) in [5.74, 6) is 0.241. The predicted molar refractivity (Wildman–Crippen MR) is 59.9 cm³/mol. The lowest BCUT2D eigenvalue weighted by Gasteiger charge is -2.11. The fourth-order valence-electron chi connectivity index (χ4n) is 1.39. The molecule has 1 aromatic carbocycles. The SMILES string of the molecule is COc1cc(N)c(CCC(=O)O)cc1OC. The Morgan fingerprint density at radius 1 is 1.31 bits per heavy atom. The van der Waals surface area contributed by atoms with Gasteiger partial charge in [-0.15, -0.1) is 0 Å². The molecule has 5 heteroatoms. The van der Waals surface area contributed by atoms with Gasteiger partial charge in [-0.2, -0.15) is 0 Å². The Balaban J connectivity index is 2.96. The van der Waals surface area contributed by atoms with Crippen LogP contribution in [0.4, 0.5) is 5.69 Å². The molecule has 1 rings (SSSR count). The number of benzene rings is 1. The lowest BCUT2D eigenvalue weighted by atomic mass is 10.1. The molecule has 1 aromatic rings. The van der Waals surface area contributed by atoms with E-state index in [-0.39, 0.29) is 6.42 Å². The van der Waals surface area contributed by atoms with Crippen LogP contribution in [0.15, 0.2) is 12.1 Å². The summed E-state index contributed by atoms with van der Waals surface area (Å²) in [4.78, 5) is 10.5. The number of anilines is 1. The van der Waals surface area contributed by atoms with Gasteiger partial charge >= 0.3 is 5.97 Å². The van der Waals surface area contributed by atoms with E-state index in [2.05, 4.69) is 0 Å². The van der Waals surface area contributed by atoms with E-state index in [1.807, 2.05) is 0 Å². The fourth-order valence-corrected chi connectivity index (χ4v) is 1.39. The number of carbonyl (C=O) groups is 1. The number of carboxylic acid groups (broad SMARTS) is 1. The number of carboxylic acids is 1. The monoisotopic (exact) mass is 225 g/mol. The Bertz CT molecular complexity index is 390. The Labute approximate surface area is 93.8 Å². The smallest absolute Gasteiger partial charge is 0.303 e. The maximum absolute atomic E-state index is 10.5. The molecule has 16 heavy (non-hydrogen) atoms. The number of hydrogen-bond acceptors (Lipinski definition) is 4. The molecule has 0 unspecified atom stereocenters. The van der Waals surface area contributed by atoms with Gasteiger partial charge in [0.2, 0.25) is 0 Å². The van der Waals surface area contributed by atoms with Gasteiger partial charge in [0, 0.05) is 18.2 Å². The van der Waals surface area contributed by atoms with Crippen molar-refractivity contribution in [2.24, 2.45) is 0 Å². The predicted octanol–water partition coefficient (Wildman–Crippen LogP) is 1.30. The Kier molecular flexibility index (Phi) is 3.99. The standard InChI is InChI=1S/C11H15NO4/c1-15-9-5-7(3-4-11(13)14)8(12)6-10(9)16-2/h5-6H,3-4,12H2,1-2H3,(H,13,14). The van der Waals surface area contributed by atoms with Gasteiger partial charge in [0.05, 0.1) is 14.2 Å². The summed E-state index contributed by atoms with van der Waals surface area (Å²) in [5, 5.41) is 8.60. The molecule has 0 aliphatic carbocycles. The van der Waals surface area contributed by atoms with Crippen LogP contribution < -0.4 is 15.2 Å². The first-order chi connectivity index (χ1) is 7.58. The lowest BCUT2D eigenvalue weighted by molar-refractivity contribution is -0.136. The first kappa shape index (κ1) is 12.2. The van der Waals surface area contributed by atoms with E-state index >= 15 is 0 Å². The number of aliphatic carboxylic acids is 1. The van der Waals surface area contributed by atoms with Crippen LogP contribution >= 0.6 is 0 Å². The van der Waals surface area contributed by atoms with Gasteiger partial charge in [-0.1, -0.05) is 0 Å². The van der Waals surface area contributed by atoms with Crippen LogP contribution in [0.2, 0.25) is 0 Å². The number of nitrogen functional groups attached to an aromatic ring is 1. The second-order valence-corrected chi connectivity index (χ2v) is 3.30. The van der Waals surface area contributed by atoms with Gasteiger partial charge in [-0.25, -0.2) is 0 Å². The maximum Gasteiger partial charge on any atom is 0.303 e. The molecule has 0 aliphatic heterocycles. The Morgan fingerprint density at radius 3 is 2.38 bits per heavy atom. The molecule has 0 atom stereocenters. The molecule has 0 bridgehead atoms. The quantitative estimate of drug-likeness (QED) is 0.738. The molecule has 5 nitrogen and oxygen atoms in total. The van der Waals surface area contributed by atoms with Gasteiger partial charge < -0.3 is 20.3 Å². The zero-order valence-electron chi connectivity index (χ0n) is 9.32. The molecular weight excluding hydrogens is 210 g/mol. The fraction of sp³-hybridized carbons (Fsp3) is 0.364. The average Bonchev–Trinajstić information content (AvgIpc) is 2.26. The normalized spacial score (nSPS) is 9.88. The van der Waals surface area contributed by atoms with Crippen molar-refractivity contribution in [1.82, 2.24) is 0 Å². The summed E-state index contributed by atoms with van der Waals surface area (Å²) in [5.41, 5.74) is 7.04. The molecular formula is C11H15NO4. The number of nitrogens with two attached hydrogens (primary N) is 1. The number of aryl methyl sites for hydroxylation is 1. The second-order valence-electron chi connectivity index (χ2n) is 3.30. The molecule has 0 heterocycles. The summed E-state index contributed by atoms with van der Waals surface area (Å²) >= 11 is 0. The topological polar surface area (TPSA) is 81.8 Å². The van der Waals surface area contributed by atoms with Crippen LogP contribution in [-0.2, 0) is 11.2 Å². The first-order valence-corrected chi connectivity index (χ1v) is 4.80. The van der Waals surface area contributed by atoms with Crippen molar-refractivity contribution >= 4 is 11.7 Å². The van der Waals surface area contributed by atoms with Crippen molar-refractivity contribution in [1.29, 1.82) is 0 Å². The van der Waals surface area contributed by atoms with Crippen molar-refractivity contribution in [2.75, 3.05) is 20.0 Å². The van der Waals surface area contributed by atoms with Gasteiger partial charge in [-0.3, -0.25) is 4.79 Å². The van der Waals surface area contributed by atoms with E-state index in [0.29, 0.717) is 23.6 Å². The third kappa shape index (κ3) is 2.79. The average molecular weight is 225 g/mol. The van der Waals surface area contributed by atoms with E-state index in [1.165, 1.54) is 14.2 Å². The van der Waals surface area contributed by atoms with Crippen molar-refractivity contribution in [3.63, 3.8) is 0 Å². The zero-order valence-corrected chi connectivity index (χ0v) is 9.32. The third-order valence-corrected chi connectivity index (χ3v) is 2.25. The second kappa shape index (κ2) is 5.25. The summed E-state index contributed by atoms with van der Waals surface area (Å²) in [6, 6.07) is 3.34. The van der Waals surface area contributed by atoms with E-state index in [4.69, 9.17) is 20.3 Å². The molecule has 3 N–H and O–H groups in total. The van der Waals surface area contributed by atoms with Crippen LogP contribution in [0.1, 0.15) is 12.0 Å². The van der Waals surface area contributed by atoms with Crippen LogP contribution in [0.3, 0.4) is 0 Å². The molecule has 0 fully saturated rings. The van der Waals surface area contributed by atoms with Crippen molar-refractivity contribution in [3.8, 4) is 11.5 Å². The third-order valence-electron chi connectivity index (χ3n) is 2.25. The number of rotatable bonds is 5. The van der Waals surface area contributed by atoms with E-state index in [0.717, 1.165) is 5.56 Å². The molecule has 0 saturated carbocycles. The van der Waals surface area contributed by atoms with Crippen molar-refractivity contribution < 1.29 is 19.4 Å². The van der Waals surface area contributed by atoms with Gasteiger partial charge in [-0.05, 0) is 18.1 Å². The van der Waals surface area contributed by atoms with Gasteiger partial charge in [0.25, 0.3) is 0 Å². The molecule has 0 aromatic heterocycles. The van der Waals surface area contributed by atoms with Gasteiger partial charge in [0.15, 0.2) is 11.5 Å². The highest BCUT2D eigenvalue weighted by Crippen LogP contribution is 2.32. The van der Waals surface area contributed by atoms with Gasteiger partial charge in [0.1, 0.15) is 0 Å². The van der Waals surface area contributed by atoms with Crippen LogP contribution in [0, 0.1) is 0 Å². The zero-order chi connectivity index (χ0) is 12.1. The minimum absolute atomic E-state index is 0.0414. The number of methoxy groups -OCH3 is 2. The minimum Gasteiger partial charge on any atom is -0.493 e. The number of hydrogen-bond donors (Lipinski definition) is 2. The summed E-state index contributed by atoms with van der Waals surface area (Å²) in [7, 11) is 3.04. The van der Waals surface area contributed by atoms with Crippen LogP contribution in [0.25, 0.3) is 0 Å². The highest BCUT2D eigenvalue weighted by Gasteiger charge is 2.10. The molecule has 88 valence electrons. The van der Waals surface area contributed by atoms with E-state index in [9.17, 15) is 4.79 Å².